The summed E-state index contributed by atoms with van der Waals surface area (Å²) >= 11 is 1.47. The maximum atomic E-state index is 12.6. The molecule has 5 heteroatoms. The van der Waals surface area contributed by atoms with Crippen LogP contribution in [0.5, 0.6) is 5.75 Å². The van der Waals surface area contributed by atoms with E-state index in [1.54, 1.807) is 12.1 Å². The van der Waals surface area contributed by atoms with Crippen molar-refractivity contribution in [1.82, 2.24) is 4.98 Å². The molecule has 0 radical (unpaired) electrons. The van der Waals surface area contributed by atoms with Crippen molar-refractivity contribution in [3.8, 4) is 17.0 Å². The van der Waals surface area contributed by atoms with Crippen LogP contribution in [0.15, 0.2) is 48.5 Å². The summed E-state index contributed by atoms with van der Waals surface area (Å²) in [5.74, 6) is 0.364. The lowest BCUT2D eigenvalue weighted by Crippen LogP contribution is -2.13. The van der Waals surface area contributed by atoms with E-state index in [0.29, 0.717) is 23.1 Å². The number of carbonyl (C=O) groups is 1. The molecule has 1 amide bonds. The van der Waals surface area contributed by atoms with Crippen LogP contribution in [0.4, 0.5) is 5.13 Å². The lowest BCUT2D eigenvalue weighted by atomic mass is 10.1. The molecule has 2 aromatic carbocycles. The van der Waals surface area contributed by atoms with Gasteiger partial charge in [-0.15, -0.1) is 11.3 Å². The van der Waals surface area contributed by atoms with E-state index in [9.17, 15) is 4.79 Å². The summed E-state index contributed by atoms with van der Waals surface area (Å²) in [6, 6.07) is 15.4. The van der Waals surface area contributed by atoms with E-state index in [-0.39, 0.29) is 5.91 Å². The number of nitrogens with zero attached hydrogens (tertiary/aromatic N) is 1. The van der Waals surface area contributed by atoms with Crippen LogP contribution in [0, 0.1) is 13.8 Å². The number of aromatic nitrogens is 1. The van der Waals surface area contributed by atoms with Crippen molar-refractivity contribution in [2.75, 3.05) is 11.9 Å². The van der Waals surface area contributed by atoms with Crippen molar-refractivity contribution >= 4 is 22.4 Å². The minimum atomic E-state index is -0.215. The van der Waals surface area contributed by atoms with Crippen LogP contribution in [-0.4, -0.2) is 17.5 Å². The Morgan fingerprint density at radius 3 is 2.56 bits per heavy atom. The SMILES string of the molecule is CCOc1ccccc1C(=O)Nc1nc(-c2ccc(C)cc2)c(C)s1. The average Bonchev–Trinajstić information content (AvgIpc) is 2.96. The molecular weight excluding hydrogens is 332 g/mol. The molecule has 0 atom stereocenters. The second kappa shape index (κ2) is 7.49. The predicted molar refractivity (Wildman–Crippen MR) is 103 cm³/mol. The average molecular weight is 352 g/mol. The highest BCUT2D eigenvalue weighted by atomic mass is 32.1. The molecule has 1 aromatic heterocycles. The van der Waals surface area contributed by atoms with E-state index in [1.165, 1.54) is 16.9 Å². The zero-order valence-corrected chi connectivity index (χ0v) is 15.3. The Morgan fingerprint density at radius 1 is 1.12 bits per heavy atom. The first-order valence-electron chi connectivity index (χ1n) is 8.16. The molecule has 128 valence electrons. The number of amides is 1. The molecule has 3 aromatic rings. The van der Waals surface area contributed by atoms with Crippen LogP contribution in [0.2, 0.25) is 0 Å². The van der Waals surface area contributed by atoms with Gasteiger partial charge in [0.1, 0.15) is 5.75 Å². The van der Waals surface area contributed by atoms with Crippen LogP contribution in [-0.2, 0) is 0 Å². The normalized spacial score (nSPS) is 10.5. The minimum Gasteiger partial charge on any atom is -0.493 e. The van der Waals surface area contributed by atoms with Crippen LogP contribution in [0.3, 0.4) is 0 Å². The quantitative estimate of drug-likeness (QED) is 0.697. The Kier molecular flexibility index (Phi) is 5.14. The summed E-state index contributed by atoms with van der Waals surface area (Å²) in [6.07, 6.45) is 0. The zero-order chi connectivity index (χ0) is 17.8. The van der Waals surface area contributed by atoms with Gasteiger partial charge in [0.25, 0.3) is 5.91 Å². The number of benzene rings is 2. The van der Waals surface area contributed by atoms with E-state index >= 15 is 0 Å². The molecule has 0 spiro atoms. The summed E-state index contributed by atoms with van der Waals surface area (Å²) in [7, 11) is 0. The number of thiazole rings is 1. The fraction of sp³-hybridized carbons (Fsp3) is 0.200. The Labute approximate surface area is 151 Å². The van der Waals surface area contributed by atoms with Crippen molar-refractivity contribution in [2.45, 2.75) is 20.8 Å². The van der Waals surface area contributed by atoms with Gasteiger partial charge in [0.05, 0.1) is 17.9 Å². The van der Waals surface area contributed by atoms with Crippen molar-refractivity contribution in [1.29, 1.82) is 0 Å². The summed E-state index contributed by atoms with van der Waals surface area (Å²) in [5.41, 5.74) is 3.67. The van der Waals surface area contributed by atoms with Crippen LogP contribution in [0.1, 0.15) is 27.7 Å². The Morgan fingerprint density at radius 2 is 1.84 bits per heavy atom. The molecule has 4 nitrogen and oxygen atoms in total. The number of aryl methyl sites for hydroxylation is 2. The third-order valence-electron chi connectivity index (χ3n) is 3.77. The molecule has 0 aliphatic carbocycles. The monoisotopic (exact) mass is 352 g/mol. The predicted octanol–water partition coefficient (Wildman–Crippen LogP) is 5.08. The van der Waals surface area contributed by atoms with E-state index < -0.39 is 0 Å². The first-order chi connectivity index (χ1) is 12.1. The topological polar surface area (TPSA) is 51.2 Å². The summed E-state index contributed by atoms with van der Waals surface area (Å²) < 4.78 is 5.53. The van der Waals surface area contributed by atoms with Crippen LogP contribution in [0.25, 0.3) is 11.3 Å². The molecular formula is C20H20N2O2S. The van der Waals surface area contributed by atoms with Gasteiger partial charge < -0.3 is 4.74 Å². The summed E-state index contributed by atoms with van der Waals surface area (Å²) in [5, 5.41) is 3.48. The molecule has 0 aliphatic rings. The van der Waals surface area contributed by atoms with Gasteiger partial charge in [-0.05, 0) is 32.9 Å². The van der Waals surface area contributed by atoms with Crippen molar-refractivity contribution in [2.24, 2.45) is 0 Å². The molecule has 0 fully saturated rings. The molecule has 1 heterocycles. The zero-order valence-electron chi connectivity index (χ0n) is 14.5. The van der Waals surface area contributed by atoms with Gasteiger partial charge in [0, 0.05) is 10.4 Å². The molecule has 25 heavy (non-hydrogen) atoms. The smallest absolute Gasteiger partial charge is 0.261 e. The van der Waals surface area contributed by atoms with Crippen molar-refractivity contribution < 1.29 is 9.53 Å². The Balaban J connectivity index is 1.83. The maximum absolute atomic E-state index is 12.6. The van der Waals surface area contributed by atoms with Gasteiger partial charge in [-0.3, -0.25) is 10.1 Å². The standard InChI is InChI=1S/C20H20N2O2S/c1-4-24-17-8-6-5-7-16(17)19(23)22-20-21-18(14(3)25-20)15-11-9-13(2)10-12-15/h5-12H,4H2,1-3H3,(H,21,22,23). The maximum Gasteiger partial charge on any atom is 0.261 e. The number of nitrogens with one attached hydrogen (secondary N) is 1. The Bertz CT molecular complexity index is 885. The molecule has 0 aliphatic heterocycles. The molecule has 0 bridgehead atoms. The number of ether oxygens (including phenoxy) is 1. The highest BCUT2D eigenvalue weighted by Gasteiger charge is 2.16. The fourth-order valence-corrected chi connectivity index (χ4v) is 3.36. The third-order valence-corrected chi connectivity index (χ3v) is 4.66. The number of anilines is 1. The van der Waals surface area contributed by atoms with Gasteiger partial charge in [-0.2, -0.15) is 0 Å². The summed E-state index contributed by atoms with van der Waals surface area (Å²) in [4.78, 5) is 18.3. The lowest BCUT2D eigenvalue weighted by molar-refractivity contribution is 0.102. The van der Waals surface area contributed by atoms with E-state index in [0.717, 1.165) is 16.1 Å². The molecule has 1 N–H and O–H groups in total. The van der Waals surface area contributed by atoms with Crippen LogP contribution >= 0.6 is 11.3 Å². The van der Waals surface area contributed by atoms with Gasteiger partial charge in [-0.1, -0.05) is 42.0 Å². The molecule has 0 saturated heterocycles. The van der Waals surface area contributed by atoms with Crippen molar-refractivity contribution in [3.05, 3.63) is 64.5 Å². The number of hydrogen-bond acceptors (Lipinski definition) is 4. The molecule has 3 rings (SSSR count). The number of carbonyl (C=O) groups excluding carboxylic acids is 1. The van der Waals surface area contributed by atoms with Gasteiger partial charge in [0.2, 0.25) is 0 Å². The van der Waals surface area contributed by atoms with Gasteiger partial charge in [0.15, 0.2) is 5.13 Å². The highest BCUT2D eigenvalue weighted by molar-refractivity contribution is 7.16. The molecule has 0 saturated carbocycles. The summed E-state index contributed by atoms with van der Waals surface area (Å²) in [6.45, 7) is 6.47. The first-order valence-corrected chi connectivity index (χ1v) is 8.97. The highest BCUT2D eigenvalue weighted by Crippen LogP contribution is 2.31. The second-order valence-electron chi connectivity index (χ2n) is 5.67. The Hall–Kier alpha value is -2.66. The minimum absolute atomic E-state index is 0.215. The third kappa shape index (κ3) is 3.88. The van der Waals surface area contributed by atoms with Gasteiger partial charge in [-0.25, -0.2) is 4.98 Å². The first kappa shape index (κ1) is 17.2. The largest absolute Gasteiger partial charge is 0.493 e. The second-order valence-corrected chi connectivity index (χ2v) is 6.88. The van der Waals surface area contributed by atoms with E-state index in [4.69, 9.17) is 4.74 Å². The number of hydrogen-bond donors (Lipinski definition) is 1. The van der Waals surface area contributed by atoms with E-state index in [1.807, 2.05) is 38.1 Å². The van der Waals surface area contributed by atoms with Crippen LogP contribution < -0.4 is 10.1 Å². The molecule has 0 unspecified atom stereocenters. The van der Waals surface area contributed by atoms with Gasteiger partial charge >= 0.3 is 0 Å². The van der Waals surface area contributed by atoms with Crippen molar-refractivity contribution in [3.63, 3.8) is 0 Å². The fourth-order valence-electron chi connectivity index (χ4n) is 2.53. The number of para-hydroxylation sites is 1. The lowest BCUT2D eigenvalue weighted by Gasteiger charge is -2.08. The number of rotatable bonds is 5. The van der Waals surface area contributed by atoms with E-state index in [2.05, 4.69) is 29.4 Å².